The Morgan fingerprint density at radius 3 is 2.51 bits per heavy atom. The molecule has 1 aliphatic rings. The highest BCUT2D eigenvalue weighted by Gasteiger charge is 2.23. The Hall–Kier alpha value is -2.94. The number of fused-ring (bicyclic) bond motifs is 1. The Kier molecular flexibility index (Phi) is 6.53. The minimum atomic E-state index is -0.281. The standard InChI is InChI=1S/C25H26Cl2N6O2/c1-14(2)22-21-24(33(31-22)23-17(26)11-28-12-18(23)27)29-20(30-25(21)35)10-15-5-6-16(19(34)9-15)13-32-7-3-4-8-32/h5-6,9,11-12,14,34H,3-4,7-8,10,13H2,1-2H3,(H,29,30,35). The van der Waals surface area contributed by atoms with Gasteiger partial charge >= 0.3 is 0 Å². The van der Waals surface area contributed by atoms with Crippen LogP contribution in [0, 0.1) is 0 Å². The quantitative estimate of drug-likeness (QED) is 0.383. The van der Waals surface area contributed by atoms with E-state index in [2.05, 4.69) is 20.0 Å². The SMILES string of the molecule is CC(C)c1nn(-c2c(Cl)cncc2Cl)c2nc(Cc3ccc(CN4CCCC4)c(O)c3)[nH]c(=O)c12. The number of likely N-dealkylation sites (tertiary alicyclic amines) is 1. The van der Waals surface area contributed by atoms with Gasteiger partial charge < -0.3 is 10.1 Å². The Morgan fingerprint density at radius 1 is 1.14 bits per heavy atom. The van der Waals surface area contributed by atoms with Gasteiger partial charge in [-0.2, -0.15) is 5.10 Å². The first-order chi connectivity index (χ1) is 16.8. The summed E-state index contributed by atoms with van der Waals surface area (Å²) in [6.45, 7) is 6.77. The third kappa shape index (κ3) is 4.66. The van der Waals surface area contributed by atoms with Crippen molar-refractivity contribution in [3.63, 3.8) is 0 Å². The van der Waals surface area contributed by atoms with E-state index in [0.717, 1.165) is 30.8 Å². The maximum atomic E-state index is 13.2. The first-order valence-corrected chi connectivity index (χ1v) is 12.4. The summed E-state index contributed by atoms with van der Waals surface area (Å²) < 4.78 is 1.52. The van der Waals surface area contributed by atoms with Crippen LogP contribution in [0.25, 0.3) is 16.7 Å². The van der Waals surface area contributed by atoms with Gasteiger partial charge in [-0.3, -0.25) is 14.7 Å². The molecular weight excluding hydrogens is 487 g/mol. The second-order valence-electron chi connectivity index (χ2n) is 9.24. The van der Waals surface area contributed by atoms with Crippen molar-refractivity contribution in [2.24, 2.45) is 0 Å². The molecule has 2 N–H and O–H groups in total. The Balaban J connectivity index is 1.55. The minimum absolute atomic E-state index is 0.0213. The summed E-state index contributed by atoms with van der Waals surface area (Å²) in [6, 6.07) is 5.64. The molecule has 0 bridgehead atoms. The van der Waals surface area contributed by atoms with Gasteiger partial charge in [-0.1, -0.05) is 49.2 Å². The number of nitrogens with one attached hydrogen (secondary N) is 1. The molecule has 1 aliphatic heterocycles. The fourth-order valence-corrected chi connectivity index (χ4v) is 5.10. The predicted octanol–water partition coefficient (Wildman–Crippen LogP) is 4.83. The van der Waals surface area contributed by atoms with Gasteiger partial charge in [0.15, 0.2) is 5.65 Å². The molecule has 8 nitrogen and oxygen atoms in total. The van der Waals surface area contributed by atoms with Crippen LogP contribution in [0.3, 0.4) is 0 Å². The number of aromatic amines is 1. The van der Waals surface area contributed by atoms with Crippen LogP contribution in [0.4, 0.5) is 0 Å². The zero-order chi connectivity index (χ0) is 24.7. The van der Waals surface area contributed by atoms with Crippen molar-refractivity contribution in [1.29, 1.82) is 0 Å². The van der Waals surface area contributed by atoms with Crippen molar-refractivity contribution >= 4 is 34.2 Å². The Labute approximate surface area is 212 Å². The molecule has 0 spiro atoms. The lowest BCUT2D eigenvalue weighted by molar-refractivity contribution is 0.324. The van der Waals surface area contributed by atoms with Crippen molar-refractivity contribution < 1.29 is 5.11 Å². The number of aromatic nitrogens is 5. The first kappa shape index (κ1) is 23.8. The van der Waals surface area contributed by atoms with Crippen molar-refractivity contribution in [2.45, 2.75) is 45.6 Å². The number of phenolic OH excluding ortho intramolecular Hbond substituents is 1. The topological polar surface area (TPSA) is 99.9 Å². The molecule has 3 aromatic heterocycles. The maximum Gasteiger partial charge on any atom is 0.262 e. The summed E-state index contributed by atoms with van der Waals surface area (Å²) in [6.07, 6.45) is 5.69. The molecule has 0 radical (unpaired) electrons. The Morgan fingerprint density at radius 2 is 1.86 bits per heavy atom. The molecule has 1 saturated heterocycles. The molecule has 0 atom stereocenters. The third-order valence-corrected chi connectivity index (χ3v) is 6.87. The van der Waals surface area contributed by atoms with E-state index in [1.54, 1.807) is 6.07 Å². The number of hydrogen-bond donors (Lipinski definition) is 2. The van der Waals surface area contributed by atoms with Gasteiger partial charge in [0.1, 0.15) is 22.6 Å². The summed E-state index contributed by atoms with van der Waals surface area (Å²) in [7, 11) is 0. The highest BCUT2D eigenvalue weighted by atomic mass is 35.5. The fraction of sp³-hybridized carbons (Fsp3) is 0.360. The number of benzene rings is 1. The van der Waals surface area contributed by atoms with Crippen LogP contribution >= 0.6 is 23.2 Å². The molecule has 182 valence electrons. The number of hydrogen-bond acceptors (Lipinski definition) is 6. The maximum absolute atomic E-state index is 13.2. The number of aromatic hydroxyl groups is 1. The number of pyridine rings is 1. The molecule has 4 heterocycles. The van der Waals surface area contributed by atoms with Gasteiger partial charge in [0, 0.05) is 30.9 Å². The molecule has 0 saturated carbocycles. The van der Waals surface area contributed by atoms with E-state index in [9.17, 15) is 9.90 Å². The highest BCUT2D eigenvalue weighted by Crippen LogP contribution is 2.31. The molecule has 0 aliphatic carbocycles. The lowest BCUT2D eigenvalue weighted by Gasteiger charge is -2.16. The lowest BCUT2D eigenvalue weighted by Crippen LogP contribution is -2.18. The van der Waals surface area contributed by atoms with Crippen molar-refractivity contribution in [3.05, 3.63) is 73.6 Å². The van der Waals surface area contributed by atoms with Crippen LogP contribution in [0.2, 0.25) is 10.0 Å². The van der Waals surface area contributed by atoms with Crippen LogP contribution in [0.15, 0.2) is 35.4 Å². The average Bonchev–Trinajstić information content (AvgIpc) is 3.44. The van der Waals surface area contributed by atoms with Gasteiger partial charge in [0.05, 0.1) is 15.7 Å². The van der Waals surface area contributed by atoms with E-state index in [0.29, 0.717) is 44.7 Å². The number of halogens is 2. The van der Waals surface area contributed by atoms with E-state index in [-0.39, 0.29) is 17.2 Å². The smallest absolute Gasteiger partial charge is 0.262 e. The van der Waals surface area contributed by atoms with Crippen LogP contribution in [0.1, 0.15) is 55.3 Å². The monoisotopic (exact) mass is 512 g/mol. The Bertz CT molecular complexity index is 1440. The van der Waals surface area contributed by atoms with E-state index in [4.69, 9.17) is 28.2 Å². The summed E-state index contributed by atoms with van der Waals surface area (Å²) in [4.78, 5) is 27.1. The number of H-pyrrole nitrogens is 1. The molecule has 0 amide bonds. The van der Waals surface area contributed by atoms with Crippen LogP contribution in [0.5, 0.6) is 5.75 Å². The predicted molar refractivity (Wildman–Crippen MR) is 137 cm³/mol. The molecule has 4 aromatic rings. The van der Waals surface area contributed by atoms with Crippen molar-refractivity contribution in [3.8, 4) is 11.4 Å². The molecule has 5 rings (SSSR count). The van der Waals surface area contributed by atoms with Gasteiger partial charge in [-0.05, 0) is 43.5 Å². The number of phenols is 1. The van der Waals surface area contributed by atoms with Gasteiger partial charge in [0.25, 0.3) is 5.56 Å². The van der Waals surface area contributed by atoms with E-state index in [1.807, 2.05) is 26.0 Å². The zero-order valence-corrected chi connectivity index (χ0v) is 21.1. The fourth-order valence-electron chi connectivity index (χ4n) is 4.57. The third-order valence-electron chi connectivity index (χ3n) is 6.31. The largest absolute Gasteiger partial charge is 0.508 e. The first-order valence-electron chi connectivity index (χ1n) is 11.7. The average molecular weight is 513 g/mol. The van der Waals surface area contributed by atoms with Gasteiger partial charge in [-0.25, -0.2) is 9.67 Å². The van der Waals surface area contributed by atoms with Crippen molar-refractivity contribution in [1.82, 2.24) is 29.6 Å². The van der Waals surface area contributed by atoms with Gasteiger partial charge in [-0.15, -0.1) is 0 Å². The normalized spacial score (nSPS) is 14.4. The second kappa shape index (κ2) is 9.60. The van der Waals surface area contributed by atoms with Crippen LogP contribution in [-0.4, -0.2) is 47.8 Å². The van der Waals surface area contributed by atoms with Gasteiger partial charge in [0.2, 0.25) is 0 Å². The molecule has 1 aromatic carbocycles. The number of rotatable bonds is 6. The summed E-state index contributed by atoms with van der Waals surface area (Å²) in [5.41, 5.74) is 2.86. The number of nitrogens with zero attached hydrogens (tertiary/aromatic N) is 5. The molecule has 35 heavy (non-hydrogen) atoms. The second-order valence-corrected chi connectivity index (χ2v) is 10.1. The molecular formula is C25H26Cl2N6O2. The summed E-state index contributed by atoms with van der Waals surface area (Å²) in [5, 5.41) is 16.3. The summed E-state index contributed by atoms with van der Waals surface area (Å²) >= 11 is 12.8. The molecule has 10 heteroatoms. The van der Waals surface area contributed by atoms with E-state index < -0.39 is 0 Å². The minimum Gasteiger partial charge on any atom is -0.508 e. The molecule has 1 fully saturated rings. The van der Waals surface area contributed by atoms with Crippen LogP contribution in [-0.2, 0) is 13.0 Å². The lowest BCUT2D eigenvalue weighted by atomic mass is 10.1. The van der Waals surface area contributed by atoms with Crippen LogP contribution < -0.4 is 5.56 Å². The van der Waals surface area contributed by atoms with E-state index >= 15 is 0 Å². The molecule has 0 unspecified atom stereocenters. The zero-order valence-electron chi connectivity index (χ0n) is 19.6. The highest BCUT2D eigenvalue weighted by molar-refractivity contribution is 6.37. The van der Waals surface area contributed by atoms with Crippen molar-refractivity contribution in [2.75, 3.05) is 13.1 Å². The summed E-state index contributed by atoms with van der Waals surface area (Å²) in [5.74, 6) is 0.680. The van der Waals surface area contributed by atoms with E-state index in [1.165, 1.54) is 29.9 Å².